The summed E-state index contributed by atoms with van der Waals surface area (Å²) < 4.78 is 5.65. The minimum atomic E-state index is 0.374. The number of hydrogen-bond acceptors (Lipinski definition) is 2. The second-order valence-electron chi connectivity index (χ2n) is 7.48. The number of likely N-dealkylation sites (tertiary alicyclic amines) is 1. The molecule has 2 aliphatic heterocycles. The molecule has 2 fully saturated rings. The van der Waals surface area contributed by atoms with Crippen LogP contribution in [0, 0.1) is 12.3 Å². The van der Waals surface area contributed by atoms with Gasteiger partial charge in [0.15, 0.2) is 5.96 Å². The normalized spacial score (nSPS) is 25.5. The van der Waals surface area contributed by atoms with E-state index in [1.54, 1.807) is 0 Å². The van der Waals surface area contributed by atoms with Gasteiger partial charge in [0.1, 0.15) is 0 Å². The Balaban J connectivity index is 1.64. The summed E-state index contributed by atoms with van der Waals surface area (Å²) in [5, 5.41) is 3.48. The van der Waals surface area contributed by atoms with Gasteiger partial charge in [0.25, 0.3) is 0 Å². The Labute approximate surface area is 146 Å². The Morgan fingerprint density at radius 3 is 2.79 bits per heavy atom. The third kappa shape index (κ3) is 3.92. The number of nitrogens with zero attached hydrogens (tertiary/aromatic N) is 2. The van der Waals surface area contributed by atoms with Gasteiger partial charge in [0.2, 0.25) is 0 Å². The lowest BCUT2D eigenvalue weighted by Gasteiger charge is -2.25. The third-order valence-electron chi connectivity index (χ3n) is 5.42. The zero-order valence-corrected chi connectivity index (χ0v) is 15.3. The molecule has 132 valence electrons. The van der Waals surface area contributed by atoms with Crippen LogP contribution in [-0.2, 0) is 4.74 Å². The van der Waals surface area contributed by atoms with Crippen LogP contribution in [0.5, 0.6) is 0 Å². The summed E-state index contributed by atoms with van der Waals surface area (Å²) in [5.74, 6) is 1.51. The number of benzene rings is 1. The molecule has 0 saturated carbocycles. The van der Waals surface area contributed by atoms with Crippen molar-refractivity contribution in [2.24, 2.45) is 10.4 Å². The summed E-state index contributed by atoms with van der Waals surface area (Å²) in [6, 6.07) is 8.82. The predicted molar refractivity (Wildman–Crippen MR) is 99.6 cm³/mol. The fraction of sp³-hybridized carbons (Fsp3) is 0.650. The topological polar surface area (TPSA) is 36.9 Å². The highest BCUT2D eigenvalue weighted by molar-refractivity contribution is 5.80. The van der Waals surface area contributed by atoms with E-state index in [9.17, 15) is 0 Å². The number of guanidine groups is 1. The number of hydrogen-bond donors (Lipinski definition) is 1. The molecule has 0 aliphatic carbocycles. The quantitative estimate of drug-likeness (QED) is 0.681. The van der Waals surface area contributed by atoms with Crippen molar-refractivity contribution in [3.63, 3.8) is 0 Å². The molecule has 2 saturated heterocycles. The van der Waals surface area contributed by atoms with Crippen LogP contribution in [0.2, 0.25) is 0 Å². The molecule has 4 heteroatoms. The molecule has 0 amide bonds. The van der Waals surface area contributed by atoms with Crippen molar-refractivity contribution >= 4 is 5.96 Å². The second-order valence-corrected chi connectivity index (χ2v) is 7.48. The van der Waals surface area contributed by atoms with E-state index in [2.05, 4.69) is 55.3 Å². The monoisotopic (exact) mass is 329 g/mol. The van der Waals surface area contributed by atoms with Crippen LogP contribution in [0.15, 0.2) is 29.3 Å². The van der Waals surface area contributed by atoms with E-state index in [0.717, 1.165) is 45.4 Å². The molecule has 3 rings (SSSR count). The maximum atomic E-state index is 5.65. The van der Waals surface area contributed by atoms with Crippen LogP contribution in [0.4, 0.5) is 0 Å². The molecule has 1 spiro atoms. The highest BCUT2D eigenvalue weighted by atomic mass is 16.5. The van der Waals surface area contributed by atoms with E-state index in [0.29, 0.717) is 11.3 Å². The third-order valence-corrected chi connectivity index (χ3v) is 5.42. The lowest BCUT2D eigenvalue weighted by molar-refractivity contribution is 0.156. The average molecular weight is 329 g/mol. The van der Waals surface area contributed by atoms with Gasteiger partial charge < -0.3 is 15.0 Å². The standard InChI is InChI=1S/C20H31N3O/c1-4-21-19(23-11-9-20(14-23)10-12-24-15-20)22-13-17(3)18-7-5-16(2)6-8-18/h5-8,17H,4,9-15H2,1-3H3,(H,21,22). The van der Waals surface area contributed by atoms with Crippen molar-refractivity contribution in [2.45, 2.75) is 39.5 Å². The molecule has 0 bridgehead atoms. The Bertz CT molecular complexity index is 561. The molecule has 2 unspecified atom stereocenters. The van der Waals surface area contributed by atoms with Gasteiger partial charge in [-0.3, -0.25) is 4.99 Å². The highest BCUT2D eigenvalue weighted by Gasteiger charge is 2.42. The maximum Gasteiger partial charge on any atom is 0.193 e. The van der Waals surface area contributed by atoms with Crippen LogP contribution in [0.3, 0.4) is 0 Å². The fourth-order valence-corrected chi connectivity index (χ4v) is 3.74. The summed E-state index contributed by atoms with van der Waals surface area (Å²) in [7, 11) is 0. The van der Waals surface area contributed by atoms with Gasteiger partial charge in [0, 0.05) is 44.1 Å². The van der Waals surface area contributed by atoms with Crippen molar-refractivity contribution in [3.8, 4) is 0 Å². The van der Waals surface area contributed by atoms with Crippen molar-refractivity contribution < 1.29 is 4.74 Å². The molecule has 2 heterocycles. The maximum absolute atomic E-state index is 5.65. The molecule has 24 heavy (non-hydrogen) atoms. The van der Waals surface area contributed by atoms with E-state index >= 15 is 0 Å². The zero-order chi connectivity index (χ0) is 17.0. The van der Waals surface area contributed by atoms with Gasteiger partial charge in [-0.2, -0.15) is 0 Å². The first kappa shape index (κ1) is 17.3. The SMILES string of the molecule is CCNC(=NCC(C)c1ccc(C)cc1)N1CCC2(CCOC2)C1. The molecule has 0 aromatic heterocycles. The van der Waals surface area contributed by atoms with Gasteiger partial charge in [-0.25, -0.2) is 0 Å². The van der Waals surface area contributed by atoms with Gasteiger partial charge in [0.05, 0.1) is 6.61 Å². The Morgan fingerprint density at radius 1 is 1.33 bits per heavy atom. The molecule has 2 aliphatic rings. The molecular formula is C20H31N3O. The molecule has 4 nitrogen and oxygen atoms in total. The molecule has 0 radical (unpaired) electrons. The fourth-order valence-electron chi connectivity index (χ4n) is 3.74. The number of aliphatic imine (C=N–C) groups is 1. The van der Waals surface area contributed by atoms with Gasteiger partial charge >= 0.3 is 0 Å². The van der Waals surface area contributed by atoms with Crippen LogP contribution < -0.4 is 5.32 Å². The van der Waals surface area contributed by atoms with E-state index in [1.807, 2.05) is 0 Å². The zero-order valence-electron chi connectivity index (χ0n) is 15.3. The summed E-state index contributed by atoms with van der Waals surface area (Å²) in [4.78, 5) is 7.37. The van der Waals surface area contributed by atoms with Gasteiger partial charge in [-0.05, 0) is 32.3 Å². The van der Waals surface area contributed by atoms with E-state index in [1.165, 1.54) is 24.0 Å². The van der Waals surface area contributed by atoms with Crippen LogP contribution in [-0.4, -0.2) is 50.3 Å². The average Bonchev–Trinajstić information content (AvgIpc) is 3.22. The Hall–Kier alpha value is -1.55. The summed E-state index contributed by atoms with van der Waals surface area (Å²) >= 11 is 0. The van der Waals surface area contributed by atoms with E-state index in [-0.39, 0.29) is 0 Å². The van der Waals surface area contributed by atoms with Crippen molar-refractivity contribution in [3.05, 3.63) is 35.4 Å². The van der Waals surface area contributed by atoms with Crippen molar-refractivity contribution in [2.75, 3.05) is 39.4 Å². The number of ether oxygens (including phenoxy) is 1. The smallest absolute Gasteiger partial charge is 0.193 e. The Kier molecular flexibility index (Phi) is 5.44. The number of nitrogens with one attached hydrogen (secondary N) is 1. The highest BCUT2D eigenvalue weighted by Crippen LogP contribution is 2.38. The largest absolute Gasteiger partial charge is 0.381 e. The summed E-state index contributed by atoms with van der Waals surface area (Å²) in [5.41, 5.74) is 3.05. The molecule has 2 atom stereocenters. The predicted octanol–water partition coefficient (Wildman–Crippen LogP) is 3.18. The van der Waals surface area contributed by atoms with Crippen molar-refractivity contribution in [1.29, 1.82) is 0 Å². The summed E-state index contributed by atoms with van der Waals surface area (Å²) in [6.45, 7) is 12.3. The molecule has 1 aromatic carbocycles. The molecular weight excluding hydrogens is 298 g/mol. The molecule has 1 N–H and O–H groups in total. The number of rotatable bonds is 4. The first-order valence-corrected chi connectivity index (χ1v) is 9.29. The van der Waals surface area contributed by atoms with Crippen LogP contribution in [0.1, 0.15) is 43.7 Å². The first-order chi connectivity index (χ1) is 11.6. The van der Waals surface area contributed by atoms with Crippen LogP contribution in [0.25, 0.3) is 0 Å². The van der Waals surface area contributed by atoms with E-state index in [4.69, 9.17) is 9.73 Å². The van der Waals surface area contributed by atoms with Crippen molar-refractivity contribution in [1.82, 2.24) is 10.2 Å². The summed E-state index contributed by atoms with van der Waals surface area (Å²) in [6.07, 6.45) is 2.42. The number of aryl methyl sites for hydroxylation is 1. The lowest BCUT2D eigenvalue weighted by atomic mass is 9.87. The first-order valence-electron chi connectivity index (χ1n) is 9.29. The second kappa shape index (κ2) is 7.56. The lowest BCUT2D eigenvalue weighted by Crippen LogP contribution is -2.41. The minimum Gasteiger partial charge on any atom is -0.381 e. The van der Waals surface area contributed by atoms with Gasteiger partial charge in [-0.15, -0.1) is 0 Å². The van der Waals surface area contributed by atoms with E-state index < -0.39 is 0 Å². The molecule has 1 aromatic rings. The van der Waals surface area contributed by atoms with Gasteiger partial charge in [-0.1, -0.05) is 36.8 Å². The Morgan fingerprint density at radius 2 is 2.12 bits per heavy atom. The minimum absolute atomic E-state index is 0.374. The van der Waals surface area contributed by atoms with Crippen LogP contribution >= 0.6 is 0 Å².